The van der Waals surface area contributed by atoms with Crippen molar-refractivity contribution in [2.75, 3.05) is 24.3 Å². The topological polar surface area (TPSA) is 86.8 Å². The Labute approximate surface area is 100 Å². The van der Waals surface area contributed by atoms with Crippen molar-refractivity contribution in [3.05, 3.63) is 23.3 Å². The van der Waals surface area contributed by atoms with Gasteiger partial charge in [0.15, 0.2) is 0 Å². The summed E-state index contributed by atoms with van der Waals surface area (Å²) in [7, 11) is 1.80. The van der Waals surface area contributed by atoms with Crippen LogP contribution in [-0.2, 0) is 0 Å². The van der Waals surface area contributed by atoms with Gasteiger partial charge in [-0.15, -0.1) is 0 Å². The molecule has 0 heterocycles. The summed E-state index contributed by atoms with van der Waals surface area (Å²) in [5, 5.41) is 18.1. The molecule has 0 bridgehead atoms. The molecule has 0 radical (unpaired) electrons. The molecular weight excluding hydrogens is 220 g/mol. The fourth-order valence-corrected chi connectivity index (χ4v) is 1.54. The van der Waals surface area contributed by atoms with Crippen LogP contribution in [-0.4, -0.2) is 35.9 Å². The van der Waals surface area contributed by atoms with E-state index in [9.17, 15) is 4.79 Å². The zero-order chi connectivity index (χ0) is 13.2. The second-order valence-electron chi connectivity index (χ2n) is 4.17. The maximum absolute atomic E-state index is 11.0. The number of benzene rings is 1. The number of hydrogen-bond donors (Lipinski definition) is 3. The number of carboxylic acid groups (broad SMARTS) is 1. The van der Waals surface area contributed by atoms with E-state index in [4.69, 9.17) is 15.9 Å². The van der Waals surface area contributed by atoms with Gasteiger partial charge < -0.3 is 20.8 Å². The highest BCUT2D eigenvalue weighted by molar-refractivity contribution is 5.95. The molecule has 5 heteroatoms. The minimum absolute atomic E-state index is 0.00231. The Kier molecular flexibility index (Phi) is 3.96. The Morgan fingerprint density at radius 3 is 2.59 bits per heavy atom. The fraction of sp³-hybridized carbons (Fsp3) is 0.417. The Morgan fingerprint density at radius 2 is 2.12 bits per heavy atom. The molecule has 0 amide bonds. The van der Waals surface area contributed by atoms with Gasteiger partial charge in [0.2, 0.25) is 0 Å². The molecule has 0 aliphatic heterocycles. The summed E-state index contributed by atoms with van der Waals surface area (Å²) in [6.45, 7) is 3.62. The minimum atomic E-state index is -1.04. The molecule has 1 rings (SSSR count). The lowest BCUT2D eigenvalue weighted by molar-refractivity contribution is 0.0698. The molecule has 0 spiro atoms. The second-order valence-corrected chi connectivity index (χ2v) is 4.17. The normalized spacial score (nSPS) is 12.2. The van der Waals surface area contributed by atoms with Gasteiger partial charge in [-0.25, -0.2) is 4.79 Å². The first-order valence-corrected chi connectivity index (χ1v) is 5.35. The Morgan fingerprint density at radius 1 is 1.53 bits per heavy atom. The summed E-state index contributed by atoms with van der Waals surface area (Å²) in [5.74, 6) is -1.04. The van der Waals surface area contributed by atoms with E-state index in [0.29, 0.717) is 0 Å². The van der Waals surface area contributed by atoms with E-state index in [1.807, 2.05) is 17.9 Å². The number of likely N-dealkylation sites (N-methyl/N-ethyl adjacent to an activating group) is 1. The number of nitrogens with two attached hydrogens (primary N) is 1. The van der Waals surface area contributed by atoms with E-state index in [2.05, 4.69) is 0 Å². The van der Waals surface area contributed by atoms with Crippen LogP contribution in [0.3, 0.4) is 0 Å². The van der Waals surface area contributed by atoms with Crippen molar-refractivity contribution in [3.8, 4) is 0 Å². The van der Waals surface area contributed by atoms with Gasteiger partial charge in [0.05, 0.1) is 12.2 Å². The third kappa shape index (κ3) is 2.68. The third-order valence-corrected chi connectivity index (χ3v) is 2.93. The van der Waals surface area contributed by atoms with E-state index in [0.717, 1.165) is 11.3 Å². The Bertz CT molecular complexity index is 432. The summed E-state index contributed by atoms with van der Waals surface area (Å²) in [5.41, 5.74) is 7.54. The summed E-state index contributed by atoms with van der Waals surface area (Å²) in [6, 6.07) is 3.25. The number of aliphatic hydroxyl groups is 1. The quantitative estimate of drug-likeness (QED) is 0.683. The molecule has 17 heavy (non-hydrogen) atoms. The lowest BCUT2D eigenvalue weighted by Crippen LogP contribution is -2.32. The van der Waals surface area contributed by atoms with E-state index in [1.165, 1.54) is 6.07 Å². The number of aryl methyl sites for hydroxylation is 1. The molecule has 0 fully saturated rings. The first kappa shape index (κ1) is 13.3. The van der Waals surface area contributed by atoms with Crippen LogP contribution in [0.15, 0.2) is 12.1 Å². The lowest BCUT2D eigenvalue weighted by Gasteiger charge is -2.26. The van der Waals surface area contributed by atoms with Gasteiger partial charge in [0, 0.05) is 24.5 Å². The summed E-state index contributed by atoms with van der Waals surface area (Å²) in [6.07, 6.45) is 0. The van der Waals surface area contributed by atoms with Gasteiger partial charge in [-0.3, -0.25) is 0 Å². The number of nitrogens with zero attached hydrogens (tertiary/aromatic N) is 1. The van der Waals surface area contributed by atoms with Crippen molar-refractivity contribution in [3.63, 3.8) is 0 Å². The highest BCUT2D eigenvalue weighted by atomic mass is 16.4. The number of rotatable bonds is 4. The van der Waals surface area contributed by atoms with E-state index in [1.54, 1.807) is 14.0 Å². The molecule has 1 atom stereocenters. The summed E-state index contributed by atoms with van der Waals surface area (Å²) < 4.78 is 0. The summed E-state index contributed by atoms with van der Waals surface area (Å²) in [4.78, 5) is 12.9. The van der Waals surface area contributed by atoms with Crippen LogP contribution >= 0.6 is 0 Å². The van der Waals surface area contributed by atoms with Gasteiger partial charge in [-0.05, 0) is 31.5 Å². The van der Waals surface area contributed by atoms with Gasteiger partial charge in [0.1, 0.15) is 0 Å². The average Bonchev–Trinajstić information content (AvgIpc) is 2.30. The van der Waals surface area contributed by atoms with E-state index < -0.39 is 5.97 Å². The van der Waals surface area contributed by atoms with Gasteiger partial charge in [-0.2, -0.15) is 0 Å². The zero-order valence-electron chi connectivity index (χ0n) is 10.3. The first-order valence-electron chi connectivity index (χ1n) is 5.35. The Balaban J connectivity index is 3.23. The molecule has 1 aromatic carbocycles. The number of carbonyl (C=O) groups is 1. The van der Waals surface area contributed by atoms with Crippen LogP contribution in [0.5, 0.6) is 0 Å². The molecule has 4 N–H and O–H groups in total. The molecule has 0 aromatic heterocycles. The van der Waals surface area contributed by atoms with Crippen LogP contribution < -0.4 is 10.6 Å². The minimum Gasteiger partial charge on any atom is -0.478 e. The number of aromatic carboxylic acids is 1. The van der Waals surface area contributed by atoms with Crippen LogP contribution in [0.2, 0.25) is 0 Å². The second kappa shape index (κ2) is 5.05. The monoisotopic (exact) mass is 238 g/mol. The smallest absolute Gasteiger partial charge is 0.337 e. The molecule has 5 nitrogen and oxygen atoms in total. The standard InChI is InChI=1S/C12H18N2O3/c1-7-4-9(14(3)8(2)6-15)5-10(11(7)13)12(16)17/h4-5,8,15H,6,13H2,1-3H3,(H,16,17). The highest BCUT2D eigenvalue weighted by Gasteiger charge is 2.15. The van der Waals surface area contributed by atoms with E-state index in [-0.39, 0.29) is 23.9 Å². The molecule has 1 aromatic rings. The third-order valence-electron chi connectivity index (χ3n) is 2.93. The largest absolute Gasteiger partial charge is 0.478 e. The van der Waals surface area contributed by atoms with Crippen molar-refractivity contribution >= 4 is 17.3 Å². The van der Waals surface area contributed by atoms with Crippen molar-refractivity contribution < 1.29 is 15.0 Å². The predicted molar refractivity (Wildman–Crippen MR) is 67.5 cm³/mol. The number of aliphatic hydroxyl groups excluding tert-OH is 1. The fourth-order valence-electron chi connectivity index (χ4n) is 1.54. The molecule has 0 saturated carbocycles. The van der Waals surface area contributed by atoms with Crippen LogP contribution in [0.4, 0.5) is 11.4 Å². The lowest BCUT2D eigenvalue weighted by atomic mass is 10.1. The van der Waals surface area contributed by atoms with Gasteiger partial charge in [0.25, 0.3) is 0 Å². The number of anilines is 2. The molecule has 0 aliphatic carbocycles. The molecule has 0 saturated heterocycles. The first-order chi connectivity index (χ1) is 7.88. The summed E-state index contributed by atoms with van der Waals surface area (Å²) >= 11 is 0. The van der Waals surface area contributed by atoms with Crippen LogP contribution in [0, 0.1) is 6.92 Å². The number of hydrogen-bond acceptors (Lipinski definition) is 4. The van der Waals surface area contributed by atoms with Crippen molar-refractivity contribution in [1.29, 1.82) is 0 Å². The predicted octanol–water partition coefficient (Wildman–Crippen LogP) is 1.09. The van der Waals surface area contributed by atoms with Crippen molar-refractivity contribution in [1.82, 2.24) is 0 Å². The number of nitrogen functional groups attached to an aromatic ring is 1. The zero-order valence-corrected chi connectivity index (χ0v) is 10.3. The van der Waals surface area contributed by atoms with Crippen LogP contribution in [0.1, 0.15) is 22.8 Å². The van der Waals surface area contributed by atoms with Gasteiger partial charge in [-0.1, -0.05) is 0 Å². The number of carboxylic acids is 1. The highest BCUT2D eigenvalue weighted by Crippen LogP contribution is 2.25. The Hall–Kier alpha value is -1.75. The SMILES string of the molecule is Cc1cc(N(C)C(C)CO)cc(C(=O)O)c1N. The molecule has 94 valence electrons. The van der Waals surface area contributed by atoms with Gasteiger partial charge >= 0.3 is 5.97 Å². The molecule has 1 unspecified atom stereocenters. The van der Waals surface area contributed by atoms with Crippen molar-refractivity contribution in [2.45, 2.75) is 19.9 Å². The van der Waals surface area contributed by atoms with E-state index >= 15 is 0 Å². The molecular formula is C12H18N2O3. The molecule has 0 aliphatic rings. The maximum Gasteiger partial charge on any atom is 0.337 e. The van der Waals surface area contributed by atoms with Crippen molar-refractivity contribution in [2.24, 2.45) is 0 Å². The maximum atomic E-state index is 11.0. The average molecular weight is 238 g/mol. The van der Waals surface area contributed by atoms with Crippen LogP contribution in [0.25, 0.3) is 0 Å².